The lowest BCUT2D eigenvalue weighted by Gasteiger charge is -2.22. The molecule has 0 atom stereocenters. The molecule has 6 nitrogen and oxygen atoms in total. The van der Waals surface area contributed by atoms with Crippen LogP contribution in [0.3, 0.4) is 0 Å². The summed E-state index contributed by atoms with van der Waals surface area (Å²) in [5.41, 5.74) is 3.76. The van der Waals surface area contributed by atoms with Crippen LogP contribution in [-0.4, -0.2) is 54.9 Å². The van der Waals surface area contributed by atoms with Crippen molar-refractivity contribution in [2.45, 2.75) is 32.7 Å². The molecule has 1 aromatic carbocycles. The molecule has 0 saturated carbocycles. The van der Waals surface area contributed by atoms with Crippen LogP contribution in [0.2, 0.25) is 0 Å². The molecule has 2 aliphatic heterocycles. The molecular weight excluding hydrogens is 342 g/mol. The molecule has 146 valence electrons. The molecule has 0 bridgehead atoms. The summed E-state index contributed by atoms with van der Waals surface area (Å²) in [7, 11) is 0. The van der Waals surface area contributed by atoms with Crippen molar-refractivity contribution in [2.75, 3.05) is 44.8 Å². The van der Waals surface area contributed by atoms with E-state index < -0.39 is 0 Å². The monoisotopic (exact) mass is 371 g/mol. The first-order chi connectivity index (χ1) is 13.1. The fraction of sp³-hybridized carbons (Fsp3) is 0.571. The van der Waals surface area contributed by atoms with Crippen LogP contribution in [0.4, 0.5) is 5.69 Å². The Bertz CT molecular complexity index is 835. The highest BCUT2D eigenvalue weighted by atomic mass is 16.5. The third-order valence-electron chi connectivity index (χ3n) is 5.50. The zero-order chi connectivity index (χ0) is 18.8. The third kappa shape index (κ3) is 3.69. The summed E-state index contributed by atoms with van der Waals surface area (Å²) < 4.78 is 13.0. The fourth-order valence-corrected chi connectivity index (χ4v) is 4.04. The van der Waals surface area contributed by atoms with Gasteiger partial charge in [-0.25, -0.2) is 0 Å². The van der Waals surface area contributed by atoms with Gasteiger partial charge in [0.05, 0.1) is 36.6 Å². The molecule has 0 aliphatic carbocycles. The van der Waals surface area contributed by atoms with Crippen molar-refractivity contribution in [3.63, 3.8) is 0 Å². The van der Waals surface area contributed by atoms with Gasteiger partial charge in [0.15, 0.2) is 0 Å². The molecule has 6 heteroatoms. The molecule has 1 fully saturated rings. The molecule has 0 unspecified atom stereocenters. The Hall–Kier alpha value is -2.05. The van der Waals surface area contributed by atoms with E-state index in [0.29, 0.717) is 25.7 Å². The summed E-state index contributed by atoms with van der Waals surface area (Å²) in [6.07, 6.45) is 2.22. The smallest absolute Gasteiger partial charge is 0.201 e. The highest BCUT2D eigenvalue weighted by Crippen LogP contribution is 2.36. The number of aromatic hydroxyl groups is 1. The number of aliphatic imine (C=N–C) groups is 1. The fourth-order valence-electron chi connectivity index (χ4n) is 4.04. The first-order valence-electron chi connectivity index (χ1n) is 9.95. The average Bonchev–Trinajstić information content (AvgIpc) is 2.99. The first-order valence-corrected chi connectivity index (χ1v) is 9.95. The van der Waals surface area contributed by atoms with E-state index in [2.05, 4.69) is 42.4 Å². The Kier molecular flexibility index (Phi) is 5.36. The summed E-state index contributed by atoms with van der Waals surface area (Å²) in [4.78, 5) is 4.62. The van der Waals surface area contributed by atoms with E-state index in [9.17, 15) is 5.11 Å². The Balaban J connectivity index is 1.69. The second kappa shape index (κ2) is 7.90. The minimum atomic E-state index is 0.160. The Morgan fingerprint density at radius 3 is 2.74 bits per heavy atom. The van der Waals surface area contributed by atoms with Crippen molar-refractivity contribution in [1.29, 1.82) is 0 Å². The predicted molar refractivity (Wildman–Crippen MR) is 108 cm³/mol. The first kappa shape index (κ1) is 18.3. The van der Waals surface area contributed by atoms with Gasteiger partial charge in [0.2, 0.25) is 5.88 Å². The summed E-state index contributed by atoms with van der Waals surface area (Å²) in [6.45, 7) is 8.57. The maximum atomic E-state index is 11.0. The van der Waals surface area contributed by atoms with E-state index in [1.165, 1.54) is 0 Å². The second-order valence-corrected chi connectivity index (χ2v) is 7.71. The molecule has 4 rings (SSSR count). The average molecular weight is 371 g/mol. The number of benzene rings is 1. The molecule has 27 heavy (non-hydrogen) atoms. The van der Waals surface area contributed by atoms with E-state index in [0.717, 1.165) is 60.5 Å². The number of ether oxygens (including phenoxy) is 2. The molecule has 2 N–H and O–H groups in total. The van der Waals surface area contributed by atoms with Crippen LogP contribution in [0.25, 0.3) is 10.9 Å². The van der Waals surface area contributed by atoms with Gasteiger partial charge in [0, 0.05) is 36.9 Å². The number of aromatic nitrogens is 1. The number of nitrogens with zero attached hydrogens (tertiary/aromatic N) is 2. The molecule has 1 saturated heterocycles. The zero-order valence-electron chi connectivity index (χ0n) is 16.2. The summed E-state index contributed by atoms with van der Waals surface area (Å²) in [5, 5.41) is 15.6. The van der Waals surface area contributed by atoms with Crippen LogP contribution in [0.1, 0.15) is 38.3 Å². The van der Waals surface area contributed by atoms with Crippen LogP contribution in [0.5, 0.6) is 5.88 Å². The van der Waals surface area contributed by atoms with Gasteiger partial charge in [0.1, 0.15) is 0 Å². The van der Waals surface area contributed by atoms with Crippen molar-refractivity contribution in [2.24, 2.45) is 10.9 Å². The van der Waals surface area contributed by atoms with Crippen LogP contribution >= 0.6 is 0 Å². The van der Waals surface area contributed by atoms with Gasteiger partial charge in [-0.3, -0.25) is 4.99 Å². The summed E-state index contributed by atoms with van der Waals surface area (Å²) in [5.74, 6) is 0.935. The number of hydrogen-bond donors (Lipinski definition) is 2. The van der Waals surface area contributed by atoms with Gasteiger partial charge in [-0.1, -0.05) is 0 Å². The van der Waals surface area contributed by atoms with Crippen molar-refractivity contribution < 1.29 is 14.6 Å². The number of hydrogen-bond acceptors (Lipinski definition) is 5. The van der Waals surface area contributed by atoms with E-state index in [-0.39, 0.29) is 11.9 Å². The lowest BCUT2D eigenvalue weighted by molar-refractivity contribution is 0.0699. The Morgan fingerprint density at radius 2 is 2.04 bits per heavy atom. The van der Waals surface area contributed by atoms with Crippen LogP contribution < -0.4 is 5.32 Å². The molecule has 1 aromatic heterocycles. The van der Waals surface area contributed by atoms with Crippen molar-refractivity contribution >= 4 is 22.3 Å². The van der Waals surface area contributed by atoms with Gasteiger partial charge in [-0.15, -0.1) is 0 Å². The molecule has 2 aliphatic rings. The number of rotatable bonds is 5. The van der Waals surface area contributed by atoms with Crippen LogP contribution in [0, 0.1) is 5.92 Å². The predicted octanol–water partition coefficient (Wildman–Crippen LogP) is 3.59. The SMILES string of the molecule is CC(C)n1c(O)c(C2=NCCOC2)c2cc(NCC3CCOCC3)ccc21. The van der Waals surface area contributed by atoms with Crippen molar-refractivity contribution in [3.8, 4) is 5.88 Å². The topological polar surface area (TPSA) is 68.0 Å². The Morgan fingerprint density at radius 1 is 1.22 bits per heavy atom. The number of fused-ring (bicyclic) bond motifs is 1. The van der Waals surface area contributed by atoms with E-state index in [4.69, 9.17) is 9.47 Å². The van der Waals surface area contributed by atoms with Gasteiger partial charge >= 0.3 is 0 Å². The molecule has 0 spiro atoms. The number of anilines is 1. The Labute approximate surface area is 160 Å². The largest absolute Gasteiger partial charge is 0.494 e. The summed E-state index contributed by atoms with van der Waals surface area (Å²) in [6, 6.07) is 6.49. The van der Waals surface area contributed by atoms with Gasteiger partial charge < -0.3 is 24.5 Å². The van der Waals surface area contributed by atoms with E-state index in [1.807, 2.05) is 4.57 Å². The molecular formula is C21H29N3O3. The van der Waals surface area contributed by atoms with Crippen LogP contribution in [0.15, 0.2) is 23.2 Å². The normalized spacial score (nSPS) is 18.9. The van der Waals surface area contributed by atoms with Crippen molar-refractivity contribution in [1.82, 2.24) is 4.57 Å². The summed E-state index contributed by atoms with van der Waals surface area (Å²) >= 11 is 0. The highest BCUT2D eigenvalue weighted by molar-refractivity contribution is 6.14. The zero-order valence-corrected chi connectivity index (χ0v) is 16.2. The van der Waals surface area contributed by atoms with Gasteiger partial charge in [-0.05, 0) is 50.8 Å². The highest BCUT2D eigenvalue weighted by Gasteiger charge is 2.24. The standard InChI is InChI=1S/C21H29N3O3/c1-14(2)24-19-4-3-16(23-12-15-5-8-26-9-6-15)11-17(19)20(21(24)25)18-13-27-10-7-22-18/h3-4,11,14-15,23,25H,5-10,12-13H2,1-2H3. The maximum absolute atomic E-state index is 11.0. The van der Waals surface area contributed by atoms with Gasteiger partial charge in [-0.2, -0.15) is 0 Å². The lowest BCUT2D eigenvalue weighted by atomic mass is 10.0. The molecule has 2 aromatic rings. The molecule has 3 heterocycles. The second-order valence-electron chi connectivity index (χ2n) is 7.71. The maximum Gasteiger partial charge on any atom is 0.201 e. The van der Waals surface area contributed by atoms with E-state index >= 15 is 0 Å². The van der Waals surface area contributed by atoms with Gasteiger partial charge in [0.25, 0.3) is 0 Å². The molecule has 0 radical (unpaired) electrons. The molecule has 0 amide bonds. The quantitative estimate of drug-likeness (QED) is 0.843. The minimum Gasteiger partial charge on any atom is -0.494 e. The lowest BCUT2D eigenvalue weighted by Crippen LogP contribution is -2.22. The van der Waals surface area contributed by atoms with E-state index in [1.54, 1.807) is 0 Å². The third-order valence-corrected chi connectivity index (χ3v) is 5.50. The number of nitrogens with one attached hydrogen (secondary N) is 1. The van der Waals surface area contributed by atoms with Crippen molar-refractivity contribution in [3.05, 3.63) is 23.8 Å². The van der Waals surface area contributed by atoms with Crippen LogP contribution in [-0.2, 0) is 9.47 Å². The minimum absolute atomic E-state index is 0.160.